The van der Waals surface area contributed by atoms with Gasteiger partial charge in [0.1, 0.15) is 6.61 Å². The summed E-state index contributed by atoms with van der Waals surface area (Å²) in [6, 6.07) is 2.21. The van der Waals surface area contributed by atoms with E-state index in [2.05, 4.69) is 9.97 Å². The van der Waals surface area contributed by atoms with Crippen molar-refractivity contribution in [1.82, 2.24) is 9.97 Å². The number of ether oxygens (including phenoxy) is 2. The van der Waals surface area contributed by atoms with E-state index in [0.29, 0.717) is 25.8 Å². The third kappa shape index (κ3) is 5.60. The lowest BCUT2D eigenvalue weighted by molar-refractivity contribution is -0.0174. The largest absolute Gasteiger partial charge is 0.461 e. The van der Waals surface area contributed by atoms with E-state index >= 15 is 0 Å². The molecule has 0 radical (unpaired) electrons. The van der Waals surface area contributed by atoms with Gasteiger partial charge in [-0.25, -0.2) is 4.98 Å². The zero-order chi connectivity index (χ0) is 12.9. The molecule has 0 aliphatic carbocycles. The Morgan fingerprint density at radius 2 is 1.94 bits per heavy atom. The maximum absolute atomic E-state index is 5.53. The van der Waals surface area contributed by atoms with Gasteiger partial charge in [-0.2, -0.15) is 4.98 Å². The first-order valence-corrected chi connectivity index (χ1v) is 5.72. The van der Waals surface area contributed by atoms with Crippen molar-refractivity contribution >= 4 is 0 Å². The second-order valence-corrected chi connectivity index (χ2v) is 4.80. The molecule has 96 valence electrons. The first-order valence-electron chi connectivity index (χ1n) is 5.72. The molecule has 0 spiro atoms. The van der Waals surface area contributed by atoms with Crippen LogP contribution in [0, 0.1) is 6.92 Å². The van der Waals surface area contributed by atoms with E-state index in [1.54, 1.807) is 0 Å². The van der Waals surface area contributed by atoms with Crippen LogP contribution in [0.4, 0.5) is 0 Å². The molecule has 5 heteroatoms. The first kappa shape index (κ1) is 13.9. The first-order chi connectivity index (χ1) is 7.90. The summed E-state index contributed by atoms with van der Waals surface area (Å²) in [6.07, 6.45) is 0. The molecule has 1 aromatic rings. The third-order valence-corrected chi connectivity index (χ3v) is 1.95. The maximum atomic E-state index is 5.53. The number of aromatic nitrogens is 2. The molecule has 1 aromatic heterocycles. The minimum atomic E-state index is -0.154. The molecule has 5 nitrogen and oxygen atoms in total. The standard InChI is InChI=1S/C12H21N3O2/c1-9-7-10(8-13)15-11(14-9)16-5-6-17-12(2,3)4/h7H,5-6,8,13H2,1-4H3. The molecule has 0 atom stereocenters. The van der Waals surface area contributed by atoms with Crippen molar-refractivity contribution in [3.05, 3.63) is 17.5 Å². The number of aryl methyl sites for hydroxylation is 1. The Balaban J connectivity index is 2.44. The molecule has 0 aromatic carbocycles. The quantitative estimate of drug-likeness (QED) is 0.787. The lowest BCUT2D eigenvalue weighted by Gasteiger charge is -2.19. The number of rotatable bonds is 5. The van der Waals surface area contributed by atoms with Crippen molar-refractivity contribution in [3.8, 4) is 6.01 Å². The van der Waals surface area contributed by atoms with Gasteiger partial charge in [-0.1, -0.05) is 0 Å². The van der Waals surface area contributed by atoms with Crippen LogP contribution in [0.25, 0.3) is 0 Å². The number of hydrogen-bond donors (Lipinski definition) is 1. The van der Waals surface area contributed by atoms with E-state index in [4.69, 9.17) is 15.2 Å². The molecule has 17 heavy (non-hydrogen) atoms. The highest BCUT2D eigenvalue weighted by atomic mass is 16.5. The molecule has 1 heterocycles. The van der Waals surface area contributed by atoms with Crippen LogP contribution in [0.15, 0.2) is 6.07 Å². The summed E-state index contributed by atoms with van der Waals surface area (Å²) in [7, 11) is 0. The van der Waals surface area contributed by atoms with Crippen LogP contribution in [-0.4, -0.2) is 28.8 Å². The van der Waals surface area contributed by atoms with Crippen LogP contribution in [0.2, 0.25) is 0 Å². The highest BCUT2D eigenvalue weighted by Crippen LogP contribution is 2.08. The van der Waals surface area contributed by atoms with Crippen LogP contribution in [-0.2, 0) is 11.3 Å². The maximum Gasteiger partial charge on any atom is 0.316 e. The molecule has 0 amide bonds. The fourth-order valence-electron chi connectivity index (χ4n) is 1.25. The predicted molar refractivity (Wildman–Crippen MR) is 65.9 cm³/mol. The van der Waals surface area contributed by atoms with Gasteiger partial charge < -0.3 is 15.2 Å². The third-order valence-electron chi connectivity index (χ3n) is 1.95. The fourth-order valence-corrected chi connectivity index (χ4v) is 1.25. The van der Waals surface area contributed by atoms with E-state index in [9.17, 15) is 0 Å². The predicted octanol–water partition coefficient (Wildman–Crippen LogP) is 1.44. The van der Waals surface area contributed by atoms with Crippen molar-refractivity contribution in [2.45, 2.75) is 39.8 Å². The second kappa shape index (κ2) is 5.93. The Kier molecular flexibility index (Phi) is 4.84. The molecule has 0 unspecified atom stereocenters. The molecule has 0 fully saturated rings. The van der Waals surface area contributed by atoms with E-state index in [-0.39, 0.29) is 5.60 Å². The number of nitrogens with two attached hydrogens (primary N) is 1. The molecule has 0 aliphatic rings. The van der Waals surface area contributed by atoms with E-state index in [1.165, 1.54) is 0 Å². The smallest absolute Gasteiger partial charge is 0.316 e. The van der Waals surface area contributed by atoms with Gasteiger partial charge in [-0.3, -0.25) is 0 Å². The van der Waals surface area contributed by atoms with Gasteiger partial charge in [-0.15, -0.1) is 0 Å². The van der Waals surface area contributed by atoms with Gasteiger partial charge >= 0.3 is 6.01 Å². The molecular weight excluding hydrogens is 218 g/mol. The average Bonchev–Trinajstić information content (AvgIpc) is 2.22. The van der Waals surface area contributed by atoms with Crippen LogP contribution in [0.1, 0.15) is 32.2 Å². The molecule has 1 rings (SSSR count). The highest BCUT2D eigenvalue weighted by Gasteiger charge is 2.09. The Bertz CT molecular complexity index is 361. The van der Waals surface area contributed by atoms with Gasteiger partial charge in [0.2, 0.25) is 0 Å². The van der Waals surface area contributed by atoms with Gasteiger partial charge in [0.15, 0.2) is 0 Å². The SMILES string of the molecule is Cc1cc(CN)nc(OCCOC(C)(C)C)n1. The average molecular weight is 239 g/mol. The van der Waals surface area contributed by atoms with Crippen molar-refractivity contribution in [3.63, 3.8) is 0 Å². The molecule has 2 N–H and O–H groups in total. The summed E-state index contributed by atoms with van der Waals surface area (Å²) >= 11 is 0. The zero-order valence-electron chi connectivity index (χ0n) is 11.0. The molecule has 0 aliphatic heterocycles. The molecule has 0 bridgehead atoms. The van der Waals surface area contributed by atoms with E-state index < -0.39 is 0 Å². The normalized spacial score (nSPS) is 11.6. The topological polar surface area (TPSA) is 70.3 Å². The number of nitrogens with zero attached hydrogens (tertiary/aromatic N) is 2. The summed E-state index contributed by atoms with van der Waals surface area (Å²) in [5.74, 6) is 0. The van der Waals surface area contributed by atoms with Gasteiger partial charge in [0, 0.05) is 12.2 Å². The molecular formula is C12H21N3O2. The van der Waals surface area contributed by atoms with Crippen molar-refractivity contribution < 1.29 is 9.47 Å². The fraction of sp³-hybridized carbons (Fsp3) is 0.667. The lowest BCUT2D eigenvalue weighted by atomic mass is 10.2. The summed E-state index contributed by atoms with van der Waals surface area (Å²) in [5, 5.41) is 0. The summed E-state index contributed by atoms with van der Waals surface area (Å²) in [4.78, 5) is 8.34. The van der Waals surface area contributed by atoms with Crippen molar-refractivity contribution in [2.24, 2.45) is 5.73 Å². The lowest BCUT2D eigenvalue weighted by Crippen LogP contribution is -2.22. The molecule has 0 saturated heterocycles. The molecule has 0 saturated carbocycles. The van der Waals surface area contributed by atoms with Gasteiger partial charge in [-0.05, 0) is 33.8 Å². The van der Waals surface area contributed by atoms with E-state index in [1.807, 2.05) is 33.8 Å². The van der Waals surface area contributed by atoms with Crippen LogP contribution >= 0.6 is 0 Å². The minimum absolute atomic E-state index is 0.154. The Morgan fingerprint density at radius 3 is 2.53 bits per heavy atom. The Morgan fingerprint density at radius 1 is 1.24 bits per heavy atom. The summed E-state index contributed by atoms with van der Waals surface area (Å²) in [5.41, 5.74) is 7.01. The second-order valence-electron chi connectivity index (χ2n) is 4.80. The van der Waals surface area contributed by atoms with E-state index in [0.717, 1.165) is 11.4 Å². The summed E-state index contributed by atoms with van der Waals surface area (Å²) < 4.78 is 11.0. The number of hydrogen-bond acceptors (Lipinski definition) is 5. The Hall–Kier alpha value is -1.20. The zero-order valence-corrected chi connectivity index (χ0v) is 11.0. The van der Waals surface area contributed by atoms with Crippen LogP contribution in [0.3, 0.4) is 0 Å². The van der Waals surface area contributed by atoms with Crippen molar-refractivity contribution in [1.29, 1.82) is 0 Å². The van der Waals surface area contributed by atoms with Crippen LogP contribution < -0.4 is 10.5 Å². The summed E-state index contributed by atoms with van der Waals surface area (Å²) in [6.45, 7) is 9.23. The van der Waals surface area contributed by atoms with Crippen molar-refractivity contribution in [2.75, 3.05) is 13.2 Å². The Labute approximate surface area is 102 Å². The highest BCUT2D eigenvalue weighted by molar-refractivity contribution is 5.12. The van der Waals surface area contributed by atoms with Gasteiger partial charge in [0.25, 0.3) is 0 Å². The minimum Gasteiger partial charge on any atom is -0.461 e. The van der Waals surface area contributed by atoms with Crippen LogP contribution in [0.5, 0.6) is 6.01 Å². The van der Waals surface area contributed by atoms with Gasteiger partial charge in [0.05, 0.1) is 17.9 Å². The monoisotopic (exact) mass is 239 g/mol.